The van der Waals surface area contributed by atoms with E-state index < -0.39 is 0 Å². The minimum absolute atomic E-state index is 0.217. The molecule has 0 bridgehead atoms. The Morgan fingerprint density at radius 2 is 2.00 bits per heavy atom. The van der Waals surface area contributed by atoms with Crippen molar-refractivity contribution >= 4 is 0 Å². The van der Waals surface area contributed by atoms with Gasteiger partial charge >= 0.3 is 0 Å². The molecular weight excluding hydrogens is 228 g/mol. The summed E-state index contributed by atoms with van der Waals surface area (Å²) in [6, 6.07) is 9.70. The fraction of sp³-hybridized carbons (Fsp3) is 0. The fourth-order valence-electron chi connectivity index (χ4n) is 1.72. The van der Waals surface area contributed by atoms with Crippen molar-refractivity contribution in [2.24, 2.45) is 0 Å². The molecule has 0 spiro atoms. The van der Waals surface area contributed by atoms with Crippen LogP contribution in [0.25, 0.3) is 16.9 Å². The van der Waals surface area contributed by atoms with Gasteiger partial charge in [0.05, 0.1) is 11.9 Å². The van der Waals surface area contributed by atoms with Crippen molar-refractivity contribution in [3.8, 4) is 16.9 Å². The molecule has 18 heavy (non-hydrogen) atoms. The fourth-order valence-corrected chi connectivity index (χ4v) is 1.72. The number of rotatable bonds is 2. The van der Waals surface area contributed by atoms with E-state index in [0.29, 0.717) is 11.3 Å². The number of nitrogens with zero attached hydrogens (tertiary/aromatic N) is 3. The summed E-state index contributed by atoms with van der Waals surface area (Å²) in [5, 5.41) is 4.23. The molecule has 5 nitrogen and oxygen atoms in total. The molecule has 2 aromatic heterocycles. The first kappa shape index (κ1) is 10.5. The maximum absolute atomic E-state index is 11.6. The van der Waals surface area contributed by atoms with Crippen molar-refractivity contribution in [1.29, 1.82) is 0 Å². The number of para-hydroxylation sites is 1. The highest BCUT2D eigenvalue weighted by Gasteiger charge is 2.07. The van der Waals surface area contributed by atoms with E-state index in [0.717, 1.165) is 5.69 Å². The zero-order chi connectivity index (χ0) is 12.4. The average Bonchev–Trinajstić information content (AvgIpc) is 2.90. The van der Waals surface area contributed by atoms with Gasteiger partial charge in [0.2, 0.25) is 0 Å². The number of hydrogen-bond acceptors (Lipinski definition) is 3. The number of aromatic amines is 1. The van der Waals surface area contributed by atoms with Gasteiger partial charge in [-0.3, -0.25) is 4.79 Å². The zero-order valence-electron chi connectivity index (χ0n) is 9.45. The van der Waals surface area contributed by atoms with Gasteiger partial charge in [-0.25, -0.2) is 9.67 Å². The highest BCUT2D eigenvalue weighted by Crippen LogP contribution is 2.14. The van der Waals surface area contributed by atoms with Crippen LogP contribution in [0.2, 0.25) is 0 Å². The molecule has 0 saturated heterocycles. The van der Waals surface area contributed by atoms with Gasteiger partial charge in [-0.05, 0) is 12.1 Å². The molecule has 88 valence electrons. The minimum Gasteiger partial charge on any atom is -0.326 e. The number of nitrogens with one attached hydrogen (secondary N) is 1. The first-order valence-corrected chi connectivity index (χ1v) is 5.49. The van der Waals surface area contributed by atoms with E-state index in [1.807, 2.05) is 30.3 Å². The van der Waals surface area contributed by atoms with Crippen molar-refractivity contribution in [3.05, 3.63) is 65.5 Å². The van der Waals surface area contributed by atoms with Crippen LogP contribution >= 0.6 is 0 Å². The summed E-state index contributed by atoms with van der Waals surface area (Å²) in [4.78, 5) is 18.3. The molecule has 0 atom stereocenters. The largest absolute Gasteiger partial charge is 0.326 e. The summed E-state index contributed by atoms with van der Waals surface area (Å²) >= 11 is 0. The molecule has 3 rings (SSSR count). The Balaban J connectivity index is 2.06. The van der Waals surface area contributed by atoms with Gasteiger partial charge in [-0.15, -0.1) is 0 Å². The van der Waals surface area contributed by atoms with Gasteiger partial charge in [0, 0.05) is 24.2 Å². The van der Waals surface area contributed by atoms with Crippen LogP contribution in [0.15, 0.2) is 59.9 Å². The Hall–Kier alpha value is -2.69. The zero-order valence-corrected chi connectivity index (χ0v) is 9.45. The Morgan fingerprint density at radius 1 is 1.17 bits per heavy atom. The third kappa shape index (κ3) is 1.82. The second-order valence-electron chi connectivity index (χ2n) is 3.78. The Bertz CT molecular complexity index is 715. The van der Waals surface area contributed by atoms with Crippen LogP contribution in [0.4, 0.5) is 0 Å². The van der Waals surface area contributed by atoms with Crippen LogP contribution in [-0.4, -0.2) is 19.7 Å². The summed E-state index contributed by atoms with van der Waals surface area (Å²) in [5.74, 6) is 0. The molecule has 0 unspecified atom stereocenters. The molecule has 1 N–H and O–H groups in total. The van der Waals surface area contributed by atoms with E-state index >= 15 is 0 Å². The monoisotopic (exact) mass is 238 g/mol. The molecule has 0 amide bonds. The lowest BCUT2D eigenvalue weighted by Crippen LogP contribution is -2.09. The van der Waals surface area contributed by atoms with E-state index in [1.165, 1.54) is 6.20 Å². The summed E-state index contributed by atoms with van der Waals surface area (Å²) in [7, 11) is 0. The molecule has 0 aliphatic rings. The molecule has 0 aliphatic heterocycles. The van der Waals surface area contributed by atoms with Gasteiger partial charge in [0.1, 0.15) is 5.69 Å². The maximum atomic E-state index is 11.6. The average molecular weight is 238 g/mol. The maximum Gasteiger partial charge on any atom is 0.274 e. The van der Waals surface area contributed by atoms with Crippen LogP contribution in [0.5, 0.6) is 0 Å². The van der Waals surface area contributed by atoms with Crippen molar-refractivity contribution in [2.75, 3.05) is 0 Å². The van der Waals surface area contributed by atoms with E-state index in [1.54, 1.807) is 23.3 Å². The van der Waals surface area contributed by atoms with E-state index in [2.05, 4.69) is 15.1 Å². The van der Waals surface area contributed by atoms with Crippen molar-refractivity contribution in [1.82, 2.24) is 19.7 Å². The van der Waals surface area contributed by atoms with E-state index in [-0.39, 0.29) is 5.56 Å². The van der Waals surface area contributed by atoms with Gasteiger partial charge in [0.15, 0.2) is 0 Å². The van der Waals surface area contributed by atoms with Crippen molar-refractivity contribution in [3.63, 3.8) is 0 Å². The minimum atomic E-state index is -0.217. The van der Waals surface area contributed by atoms with Crippen LogP contribution in [0.3, 0.4) is 0 Å². The predicted molar refractivity (Wildman–Crippen MR) is 67.4 cm³/mol. The number of aromatic nitrogens is 4. The molecule has 1 aromatic carbocycles. The highest BCUT2D eigenvalue weighted by atomic mass is 16.1. The van der Waals surface area contributed by atoms with Crippen LogP contribution in [-0.2, 0) is 0 Å². The van der Waals surface area contributed by atoms with Gasteiger partial charge in [0.25, 0.3) is 5.56 Å². The Labute approximate surface area is 103 Å². The molecule has 3 aromatic rings. The Morgan fingerprint density at radius 3 is 2.78 bits per heavy atom. The smallest absolute Gasteiger partial charge is 0.274 e. The van der Waals surface area contributed by atoms with Crippen LogP contribution in [0.1, 0.15) is 0 Å². The van der Waals surface area contributed by atoms with Gasteiger partial charge < -0.3 is 4.98 Å². The second-order valence-corrected chi connectivity index (χ2v) is 3.78. The third-order valence-corrected chi connectivity index (χ3v) is 2.58. The Kier molecular flexibility index (Phi) is 2.49. The molecule has 0 aliphatic carbocycles. The summed E-state index contributed by atoms with van der Waals surface area (Å²) in [6.45, 7) is 0. The van der Waals surface area contributed by atoms with Crippen molar-refractivity contribution < 1.29 is 0 Å². The van der Waals surface area contributed by atoms with E-state index in [9.17, 15) is 4.79 Å². The molecule has 2 heterocycles. The summed E-state index contributed by atoms with van der Waals surface area (Å²) in [6.07, 6.45) is 6.47. The number of H-pyrrole nitrogens is 1. The standard InChI is InChI=1S/C13H10N4O/c18-13-12(14-6-7-15-13)10-8-16-17(9-10)11-4-2-1-3-5-11/h1-9H,(H,15,18). The summed E-state index contributed by atoms with van der Waals surface area (Å²) in [5.41, 5.74) is 1.79. The molecule has 5 heteroatoms. The lowest BCUT2D eigenvalue weighted by molar-refractivity contribution is 0.880. The quantitative estimate of drug-likeness (QED) is 0.738. The number of hydrogen-bond donors (Lipinski definition) is 1. The van der Waals surface area contributed by atoms with Gasteiger partial charge in [-0.1, -0.05) is 18.2 Å². The third-order valence-electron chi connectivity index (χ3n) is 2.58. The van der Waals surface area contributed by atoms with Crippen LogP contribution in [0, 0.1) is 0 Å². The lowest BCUT2D eigenvalue weighted by atomic mass is 10.2. The van der Waals surface area contributed by atoms with Crippen molar-refractivity contribution in [2.45, 2.75) is 0 Å². The van der Waals surface area contributed by atoms with E-state index in [4.69, 9.17) is 0 Å². The molecule has 0 fully saturated rings. The number of benzene rings is 1. The lowest BCUT2D eigenvalue weighted by Gasteiger charge is -1.98. The SMILES string of the molecule is O=c1[nH]ccnc1-c1cnn(-c2ccccc2)c1. The normalized spacial score (nSPS) is 10.4. The summed E-state index contributed by atoms with van der Waals surface area (Å²) < 4.78 is 1.71. The molecule has 0 saturated carbocycles. The molecule has 0 radical (unpaired) electrons. The molecular formula is C13H10N4O. The first-order chi connectivity index (χ1) is 8.84. The van der Waals surface area contributed by atoms with Gasteiger partial charge in [-0.2, -0.15) is 5.10 Å². The highest BCUT2D eigenvalue weighted by molar-refractivity contribution is 5.56. The first-order valence-electron chi connectivity index (χ1n) is 5.49. The van der Waals surface area contributed by atoms with Crippen LogP contribution < -0.4 is 5.56 Å². The predicted octanol–water partition coefficient (Wildman–Crippen LogP) is 1.62. The second kappa shape index (κ2) is 4.29. The topological polar surface area (TPSA) is 63.6 Å².